The van der Waals surface area contributed by atoms with Gasteiger partial charge in [0.15, 0.2) is 0 Å². The van der Waals surface area contributed by atoms with Crippen LogP contribution < -0.4 is 10.6 Å². The van der Waals surface area contributed by atoms with Crippen LogP contribution in [0.1, 0.15) is 47.5 Å². The Labute approximate surface area is 131 Å². The zero-order valence-electron chi connectivity index (χ0n) is 13.9. The molecule has 4 N–H and O–H groups in total. The molecule has 2 unspecified atom stereocenters. The van der Waals surface area contributed by atoms with Crippen molar-refractivity contribution in [2.45, 2.75) is 65.6 Å². The number of carboxylic acid groups (broad SMARTS) is 2. The summed E-state index contributed by atoms with van der Waals surface area (Å²) in [4.78, 5) is 34.5. The number of carbonyl (C=O) groups excluding carboxylic acids is 1. The Bertz CT molecular complexity index is 397. The standard InChI is InChI=1S/C15H28N2O5/c1-6-9(4)12(15(21)22)17-13(18)10(5)16-11(14(19)20)7-8(2)3/h8-12,16H,6-7H2,1-5H3,(H,17,18)(H,19,20)(H,21,22)/t9?,10-,11?,12-/m0/s1. The van der Waals surface area contributed by atoms with E-state index in [-0.39, 0.29) is 11.8 Å². The normalized spacial score (nSPS) is 16.6. The van der Waals surface area contributed by atoms with Crippen LogP contribution in [0.25, 0.3) is 0 Å². The van der Waals surface area contributed by atoms with Gasteiger partial charge in [0.25, 0.3) is 0 Å². The molecule has 0 heterocycles. The lowest BCUT2D eigenvalue weighted by atomic mass is 9.99. The molecule has 0 saturated heterocycles. The highest BCUT2D eigenvalue weighted by Crippen LogP contribution is 2.09. The van der Waals surface area contributed by atoms with Crippen molar-refractivity contribution in [3.8, 4) is 0 Å². The third-order valence-electron chi connectivity index (χ3n) is 3.63. The van der Waals surface area contributed by atoms with Crippen LogP contribution in [0.5, 0.6) is 0 Å². The van der Waals surface area contributed by atoms with E-state index in [1.54, 1.807) is 6.92 Å². The second kappa shape index (κ2) is 9.40. The summed E-state index contributed by atoms with van der Waals surface area (Å²) < 4.78 is 0. The summed E-state index contributed by atoms with van der Waals surface area (Å²) in [6, 6.07) is -2.60. The van der Waals surface area contributed by atoms with E-state index in [1.807, 2.05) is 20.8 Å². The number of nitrogens with one attached hydrogen (secondary N) is 2. The summed E-state index contributed by atoms with van der Waals surface area (Å²) >= 11 is 0. The lowest BCUT2D eigenvalue weighted by molar-refractivity contribution is -0.144. The Morgan fingerprint density at radius 1 is 1.00 bits per heavy atom. The zero-order chi connectivity index (χ0) is 17.4. The van der Waals surface area contributed by atoms with Crippen molar-refractivity contribution in [3.05, 3.63) is 0 Å². The molecule has 0 radical (unpaired) electrons. The molecule has 0 bridgehead atoms. The lowest BCUT2D eigenvalue weighted by Gasteiger charge is -2.25. The van der Waals surface area contributed by atoms with E-state index in [1.165, 1.54) is 6.92 Å². The van der Waals surface area contributed by atoms with E-state index in [0.29, 0.717) is 12.8 Å². The van der Waals surface area contributed by atoms with Gasteiger partial charge in [0.05, 0.1) is 6.04 Å². The van der Waals surface area contributed by atoms with E-state index in [4.69, 9.17) is 10.2 Å². The van der Waals surface area contributed by atoms with Crippen molar-refractivity contribution in [3.63, 3.8) is 0 Å². The molecule has 0 aliphatic carbocycles. The third kappa shape index (κ3) is 6.89. The van der Waals surface area contributed by atoms with Crippen molar-refractivity contribution in [2.75, 3.05) is 0 Å². The molecule has 4 atom stereocenters. The molecule has 7 nitrogen and oxygen atoms in total. The highest BCUT2D eigenvalue weighted by Gasteiger charge is 2.29. The molecule has 0 fully saturated rings. The Morgan fingerprint density at radius 2 is 1.55 bits per heavy atom. The van der Waals surface area contributed by atoms with Gasteiger partial charge in [-0.05, 0) is 25.2 Å². The molecule has 22 heavy (non-hydrogen) atoms. The Hall–Kier alpha value is -1.63. The average Bonchev–Trinajstić information content (AvgIpc) is 2.41. The maximum Gasteiger partial charge on any atom is 0.326 e. The number of hydrogen-bond acceptors (Lipinski definition) is 4. The second-order valence-electron chi connectivity index (χ2n) is 6.12. The highest BCUT2D eigenvalue weighted by atomic mass is 16.4. The maximum atomic E-state index is 12.1. The fraction of sp³-hybridized carbons (Fsp3) is 0.800. The SMILES string of the molecule is CCC(C)[C@H](NC(=O)[C@H](C)NC(CC(C)C)C(=O)O)C(=O)O. The summed E-state index contributed by atoms with van der Waals surface area (Å²) in [6.45, 7) is 8.91. The number of hydrogen-bond donors (Lipinski definition) is 4. The fourth-order valence-electron chi connectivity index (χ4n) is 2.05. The van der Waals surface area contributed by atoms with Gasteiger partial charge in [-0.2, -0.15) is 0 Å². The molecule has 7 heteroatoms. The van der Waals surface area contributed by atoms with Crippen molar-refractivity contribution < 1.29 is 24.6 Å². The van der Waals surface area contributed by atoms with E-state index in [9.17, 15) is 14.4 Å². The van der Waals surface area contributed by atoms with Crippen LogP contribution >= 0.6 is 0 Å². The van der Waals surface area contributed by atoms with Crippen LogP contribution in [0.15, 0.2) is 0 Å². The molecule has 0 aromatic heterocycles. The average molecular weight is 316 g/mol. The van der Waals surface area contributed by atoms with Crippen molar-refractivity contribution in [1.82, 2.24) is 10.6 Å². The maximum absolute atomic E-state index is 12.1. The minimum Gasteiger partial charge on any atom is -0.480 e. The molecule has 0 aliphatic heterocycles. The minimum atomic E-state index is -1.09. The molecule has 0 rings (SSSR count). The Morgan fingerprint density at radius 3 is 1.91 bits per heavy atom. The lowest BCUT2D eigenvalue weighted by Crippen LogP contribution is -2.54. The quantitative estimate of drug-likeness (QED) is 0.479. The van der Waals surface area contributed by atoms with Crippen LogP contribution in [0.3, 0.4) is 0 Å². The summed E-state index contributed by atoms with van der Waals surface area (Å²) in [7, 11) is 0. The summed E-state index contributed by atoms with van der Waals surface area (Å²) in [6.07, 6.45) is 1.00. The first-order valence-electron chi connectivity index (χ1n) is 7.62. The van der Waals surface area contributed by atoms with E-state index in [2.05, 4.69) is 10.6 Å². The van der Waals surface area contributed by atoms with Gasteiger partial charge in [-0.25, -0.2) is 4.79 Å². The summed E-state index contributed by atoms with van der Waals surface area (Å²) in [5, 5.41) is 23.5. The zero-order valence-corrected chi connectivity index (χ0v) is 13.9. The molecule has 1 amide bonds. The molecule has 0 aliphatic rings. The predicted octanol–water partition coefficient (Wildman–Crippen LogP) is 1.08. The van der Waals surface area contributed by atoms with Crippen molar-refractivity contribution in [1.29, 1.82) is 0 Å². The minimum absolute atomic E-state index is 0.163. The van der Waals surface area contributed by atoms with Crippen molar-refractivity contribution >= 4 is 17.8 Å². The fourth-order valence-corrected chi connectivity index (χ4v) is 2.05. The molecule has 0 spiro atoms. The number of carboxylic acids is 2. The Balaban J connectivity index is 4.75. The summed E-state index contributed by atoms with van der Waals surface area (Å²) in [5.74, 6) is -2.67. The van der Waals surface area contributed by atoms with Gasteiger partial charge in [0.1, 0.15) is 12.1 Å². The van der Waals surface area contributed by atoms with E-state index < -0.39 is 36.0 Å². The first-order valence-corrected chi connectivity index (χ1v) is 7.62. The third-order valence-corrected chi connectivity index (χ3v) is 3.63. The monoisotopic (exact) mass is 316 g/mol. The van der Waals surface area contributed by atoms with Crippen LogP contribution in [0.2, 0.25) is 0 Å². The van der Waals surface area contributed by atoms with Crippen LogP contribution in [-0.4, -0.2) is 46.2 Å². The van der Waals surface area contributed by atoms with Crippen LogP contribution in [0, 0.1) is 11.8 Å². The summed E-state index contributed by atoms with van der Waals surface area (Å²) in [5.41, 5.74) is 0. The molecule has 0 aromatic carbocycles. The first kappa shape index (κ1) is 20.4. The molecule has 0 saturated carbocycles. The second-order valence-corrected chi connectivity index (χ2v) is 6.12. The number of rotatable bonds is 10. The molecule has 128 valence electrons. The largest absolute Gasteiger partial charge is 0.480 e. The van der Waals surface area contributed by atoms with Gasteiger partial charge in [0, 0.05) is 0 Å². The smallest absolute Gasteiger partial charge is 0.326 e. The van der Waals surface area contributed by atoms with Gasteiger partial charge in [-0.1, -0.05) is 34.1 Å². The first-order chi connectivity index (χ1) is 10.1. The predicted molar refractivity (Wildman–Crippen MR) is 82.5 cm³/mol. The van der Waals surface area contributed by atoms with E-state index in [0.717, 1.165) is 0 Å². The highest BCUT2D eigenvalue weighted by molar-refractivity contribution is 5.87. The number of carbonyl (C=O) groups is 3. The number of amides is 1. The van der Waals surface area contributed by atoms with Crippen LogP contribution in [0.4, 0.5) is 0 Å². The topological polar surface area (TPSA) is 116 Å². The molecule has 0 aromatic rings. The van der Waals surface area contributed by atoms with Gasteiger partial charge in [0.2, 0.25) is 5.91 Å². The van der Waals surface area contributed by atoms with E-state index >= 15 is 0 Å². The van der Waals surface area contributed by atoms with Gasteiger partial charge in [-0.3, -0.25) is 14.9 Å². The van der Waals surface area contributed by atoms with Gasteiger partial charge >= 0.3 is 11.9 Å². The molecular weight excluding hydrogens is 288 g/mol. The molecular formula is C15H28N2O5. The van der Waals surface area contributed by atoms with Crippen LogP contribution in [-0.2, 0) is 14.4 Å². The van der Waals surface area contributed by atoms with Crippen molar-refractivity contribution in [2.24, 2.45) is 11.8 Å². The van der Waals surface area contributed by atoms with Gasteiger partial charge in [-0.15, -0.1) is 0 Å². The number of aliphatic carboxylic acids is 2. The van der Waals surface area contributed by atoms with Gasteiger partial charge < -0.3 is 15.5 Å². The Kier molecular flexibility index (Phi) is 8.70.